The number of nitrogens with zero attached hydrogens (tertiary/aromatic N) is 4. The Kier molecular flexibility index (Phi) is 45.4. The van der Waals surface area contributed by atoms with E-state index in [4.69, 9.17) is 38.4 Å². The van der Waals surface area contributed by atoms with Crippen molar-refractivity contribution >= 4 is 81.7 Å². The van der Waals surface area contributed by atoms with E-state index in [1.54, 1.807) is 0 Å². The minimum absolute atomic E-state index is 0.0562. The van der Waals surface area contributed by atoms with Crippen molar-refractivity contribution in [3.8, 4) is 102 Å². The highest BCUT2D eigenvalue weighted by Crippen LogP contribution is 2.46. The second-order valence-electron chi connectivity index (χ2n) is 40.3. The first kappa shape index (κ1) is 110. The number of fused-ring (bicyclic) bond motifs is 10. The van der Waals surface area contributed by atoms with E-state index in [0.29, 0.717) is 119 Å². The molecule has 9 heterocycles. The summed E-state index contributed by atoms with van der Waals surface area (Å²) in [5.41, 5.74) is 14.7. The first-order valence-corrected chi connectivity index (χ1v) is 56.6. The summed E-state index contributed by atoms with van der Waals surface area (Å²) < 4.78 is 40.4. The van der Waals surface area contributed by atoms with Gasteiger partial charge in [-0.15, -0.1) is 13.2 Å². The van der Waals surface area contributed by atoms with Crippen molar-refractivity contribution in [2.75, 3.05) is 60.9 Å². The number of unbranched alkanes of at least 4 members (excludes halogenated alkanes) is 14. The zero-order valence-electron chi connectivity index (χ0n) is 88.4. The highest BCUT2D eigenvalue weighted by atomic mass is 16.5. The molecule has 8 N–H and O–H groups in total. The number of aromatic nitrogens is 8. The first-order chi connectivity index (χ1) is 74.0. The molecule has 15 rings (SSSR count). The fourth-order valence-corrected chi connectivity index (χ4v) is 20.2. The summed E-state index contributed by atoms with van der Waals surface area (Å²) >= 11 is 0. The number of ether oxygens (including phenoxy) is 6. The summed E-state index contributed by atoms with van der Waals surface area (Å²) in [6, 6.07) is 53.2. The van der Waals surface area contributed by atoms with E-state index in [1.807, 2.05) is 133 Å². The van der Waals surface area contributed by atoms with E-state index in [1.165, 1.54) is 179 Å². The SMILES string of the molecule is C=CCCCCCCCCCOc1cc(-c2cc(=O)nc(NC(=O)Nc3ccc(-c4c5nc(c(-c6ccc(NC(=O)Nc7nc(=O)cc(-c8cc(OCCCCCCCCCC=C)c9c(c8)OCCCCCCCCC/C=C/CCCCCCCCCO9)[nH]7)cc6)c6ccc([nH]6)c(-c6ccccc6)c6nc(c(-c7ccccc7)c7ccc4[nH]7)C=C6)C=C5)cc3)[nH]2)cc2c1OCCCCCCCCC/C=C/CCCCCCCCCO2. The molecule has 790 valence electrons. The largest absolute Gasteiger partial charge is 0.490 e. The van der Waals surface area contributed by atoms with Crippen LogP contribution in [0, 0.1) is 0 Å². The number of urea groups is 2. The van der Waals surface area contributed by atoms with Gasteiger partial charge < -0.3 is 59.0 Å². The number of hydrogen-bond donors (Lipinski definition) is 8. The van der Waals surface area contributed by atoms with Gasteiger partial charge in [0, 0.05) is 79.0 Å². The smallest absolute Gasteiger partial charge is 0.326 e. The van der Waals surface area contributed by atoms with Crippen LogP contribution in [0.4, 0.5) is 32.9 Å². The maximum atomic E-state index is 14.5. The minimum Gasteiger partial charge on any atom is -0.490 e. The zero-order valence-corrected chi connectivity index (χ0v) is 88.4. The molecule has 11 aromatic rings. The second-order valence-corrected chi connectivity index (χ2v) is 40.3. The molecule has 0 saturated carbocycles. The van der Waals surface area contributed by atoms with Crippen LogP contribution < -0.4 is 60.8 Å². The van der Waals surface area contributed by atoms with Gasteiger partial charge in [0.2, 0.25) is 23.4 Å². The molecule has 6 aromatic carbocycles. The van der Waals surface area contributed by atoms with Crippen LogP contribution in [0.25, 0.3) is 113 Å². The Balaban J connectivity index is 0.707. The van der Waals surface area contributed by atoms with Gasteiger partial charge in [0.1, 0.15) is 0 Å². The van der Waals surface area contributed by atoms with Gasteiger partial charge in [-0.2, -0.15) is 9.97 Å². The van der Waals surface area contributed by atoms with E-state index >= 15 is 0 Å². The van der Waals surface area contributed by atoms with Crippen LogP contribution in [0.5, 0.6) is 34.5 Å². The van der Waals surface area contributed by atoms with Crippen molar-refractivity contribution in [1.82, 2.24) is 39.9 Å². The molecule has 5 aromatic heterocycles. The van der Waals surface area contributed by atoms with Gasteiger partial charge in [-0.05, 0) is 235 Å². The van der Waals surface area contributed by atoms with Crippen LogP contribution >= 0.6 is 0 Å². The summed E-state index contributed by atoms with van der Waals surface area (Å²) in [6.07, 6.45) is 76.1. The third-order valence-corrected chi connectivity index (χ3v) is 28.4. The highest BCUT2D eigenvalue weighted by Gasteiger charge is 2.26. The number of anilines is 4. The van der Waals surface area contributed by atoms with E-state index in [9.17, 15) is 19.2 Å². The third kappa shape index (κ3) is 35.1. The van der Waals surface area contributed by atoms with Crippen LogP contribution in [0.15, 0.2) is 229 Å². The number of nitrogens with one attached hydrogen (secondary N) is 8. The van der Waals surface area contributed by atoms with Crippen molar-refractivity contribution in [3.05, 3.63) is 263 Å². The van der Waals surface area contributed by atoms with E-state index in [0.717, 1.165) is 219 Å². The van der Waals surface area contributed by atoms with Gasteiger partial charge in [-0.3, -0.25) is 20.2 Å². The summed E-state index contributed by atoms with van der Waals surface area (Å²) in [4.78, 5) is 90.6. The number of aromatic amines is 4. The maximum Gasteiger partial charge on any atom is 0.326 e. The normalized spacial score (nSPS) is 15.4. The van der Waals surface area contributed by atoms with Crippen LogP contribution in [0.3, 0.4) is 0 Å². The fourth-order valence-electron chi connectivity index (χ4n) is 20.2. The topological polar surface area (TPSA) is 286 Å². The Morgan fingerprint density at radius 1 is 0.300 bits per heavy atom. The number of H-pyrrole nitrogens is 4. The average molecular weight is 2020 g/mol. The second kappa shape index (κ2) is 61.8. The molecular weight excluding hydrogens is 1870 g/mol. The Morgan fingerprint density at radius 3 is 0.920 bits per heavy atom. The Hall–Kier alpha value is -14.0. The molecule has 0 aliphatic carbocycles. The van der Waals surface area contributed by atoms with E-state index < -0.39 is 23.2 Å². The van der Waals surface area contributed by atoms with Crippen molar-refractivity contribution in [3.63, 3.8) is 0 Å². The number of carbonyl (C=O) groups excluding carboxylic acids is 2. The van der Waals surface area contributed by atoms with Crippen molar-refractivity contribution < 1.29 is 38.0 Å². The Bertz CT molecular complexity index is 6150. The van der Waals surface area contributed by atoms with Gasteiger partial charge >= 0.3 is 12.1 Å². The van der Waals surface area contributed by atoms with Crippen LogP contribution in [0.2, 0.25) is 0 Å². The van der Waals surface area contributed by atoms with Gasteiger partial charge in [0.05, 0.1) is 73.8 Å². The standard InChI is InChI=1S/C128H158N12O10/c1-3-5-7-9-11-33-39-45-57-83-145-113-89-99(91-115-123(113)149-87-61-49-43-37-31-27-23-19-15-13-17-21-25-29-35-41-47-59-85-147-115)111-93-117(141)137-125(135-111)139-127(143)129-101-71-67-97(68-72-101)121-107-79-77-105(132-107)119(95-63-53-51-54-64-95)103-75-76-104(131-103)120(96-65-55-52-56-66-96)106-78-80-108(133-106)122(110-82-81-109(121)134-110)98-69-73-102(74-70-98)130-128(144)140-126-136-112(94-118(142)138-126)100-90-114(146-84-58-46-40-34-12-10-8-6-4-2)124-116(92-100)148-86-60-48-42-36-30-26-22-18-14-16-20-24-28-32-38-44-50-62-88-150-124/h3-4,13-16,51-56,63-82,89-94,132-133H,1-2,5-12,17-50,57-62,83-88H2,(H3,129,135,137,139,141,143)(H3,130,136,138,140,142,144)/b15-13+,16-14+,119-103?,119-105?,120-104?,120-106?,121-107?,121-109?,122-108?,122-110?. The van der Waals surface area contributed by atoms with E-state index in [2.05, 4.69) is 149 Å². The number of amides is 4. The van der Waals surface area contributed by atoms with Gasteiger partial charge in [-0.25, -0.2) is 19.6 Å². The van der Waals surface area contributed by atoms with Gasteiger partial charge in [-0.1, -0.05) is 314 Å². The van der Waals surface area contributed by atoms with Crippen LogP contribution in [0.1, 0.15) is 331 Å². The van der Waals surface area contributed by atoms with Crippen LogP contribution in [-0.2, 0) is 0 Å². The quantitative estimate of drug-likeness (QED) is 0.0144. The molecule has 0 fully saturated rings. The molecule has 8 bridgehead atoms. The lowest BCUT2D eigenvalue weighted by Gasteiger charge is -2.19. The lowest BCUT2D eigenvalue weighted by molar-refractivity contribution is 0.234. The molecule has 0 radical (unpaired) electrons. The molecule has 4 amide bonds. The molecular formula is C128H158N12O10. The Morgan fingerprint density at radius 2 is 0.593 bits per heavy atom. The van der Waals surface area contributed by atoms with Gasteiger partial charge in [0.15, 0.2) is 23.0 Å². The lowest BCUT2D eigenvalue weighted by Crippen LogP contribution is -2.23. The predicted molar refractivity (Wildman–Crippen MR) is 620 cm³/mol. The monoisotopic (exact) mass is 2020 g/mol. The number of benzene rings is 6. The van der Waals surface area contributed by atoms with Crippen molar-refractivity contribution in [2.24, 2.45) is 0 Å². The molecule has 0 atom stereocenters. The molecule has 4 aliphatic heterocycles. The third-order valence-electron chi connectivity index (χ3n) is 28.4. The first-order valence-electron chi connectivity index (χ1n) is 56.6. The van der Waals surface area contributed by atoms with E-state index in [-0.39, 0.29) is 11.9 Å². The molecule has 0 unspecified atom stereocenters. The molecule has 0 saturated heterocycles. The Labute approximate surface area is 887 Å². The number of rotatable bonds is 32. The number of carbonyl (C=O) groups is 2. The summed E-state index contributed by atoms with van der Waals surface area (Å²) in [6.45, 7) is 10.7. The molecule has 150 heavy (non-hydrogen) atoms. The fraction of sp³-hybridized carbons (Fsp3) is 0.422. The molecule has 4 aliphatic rings. The molecule has 22 heteroatoms. The maximum absolute atomic E-state index is 14.5. The molecule has 22 nitrogen and oxygen atoms in total. The van der Waals surface area contributed by atoms with Gasteiger partial charge in [0.25, 0.3) is 11.1 Å². The van der Waals surface area contributed by atoms with Crippen molar-refractivity contribution in [1.29, 1.82) is 0 Å². The summed E-state index contributed by atoms with van der Waals surface area (Å²) in [5.74, 6) is 3.17. The average Bonchev–Trinajstić information content (AvgIpc) is 1.63. The summed E-state index contributed by atoms with van der Waals surface area (Å²) in [7, 11) is 0. The van der Waals surface area contributed by atoms with Crippen molar-refractivity contribution in [2.45, 2.75) is 308 Å². The molecule has 0 spiro atoms. The number of allylic oxidation sites excluding steroid dienone is 6. The summed E-state index contributed by atoms with van der Waals surface area (Å²) in [5, 5.41) is 11.7. The zero-order chi connectivity index (χ0) is 103. The van der Waals surface area contributed by atoms with Crippen LogP contribution in [-0.4, -0.2) is 91.6 Å². The highest BCUT2D eigenvalue weighted by molar-refractivity contribution is 6.03. The predicted octanol–water partition coefficient (Wildman–Crippen LogP) is 34.6. The number of hydrogen-bond acceptors (Lipinski definition) is 14. The minimum atomic E-state index is -0.633. The lowest BCUT2D eigenvalue weighted by atomic mass is 10.0.